The van der Waals surface area contributed by atoms with Gasteiger partial charge in [0.05, 0.1) is 10.5 Å². The Morgan fingerprint density at radius 2 is 2.11 bits per heavy atom. The van der Waals surface area contributed by atoms with Gasteiger partial charge in [-0.2, -0.15) is 0 Å². The lowest BCUT2D eigenvalue weighted by molar-refractivity contribution is -0.385. The molecule has 2 unspecified atom stereocenters. The van der Waals surface area contributed by atoms with E-state index in [2.05, 4.69) is 6.92 Å². The van der Waals surface area contributed by atoms with Gasteiger partial charge in [0, 0.05) is 6.07 Å². The van der Waals surface area contributed by atoms with Crippen molar-refractivity contribution in [2.45, 2.75) is 38.7 Å². The Morgan fingerprint density at radius 3 is 2.74 bits per heavy atom. The van der Waals surface area contributed by atoms with E-state index in [-0.39, 0.29) is 17.4 Å². The van der Waals surface area contributed by atoms with E-state index in [1.807, 2.05) is 0 Å². The summed E-state index contributed by atoms with van der Waals surface area (Å²) >= 11 is 0. The number of nitro benzene ring substituents is 1. The molecule has 5 nitrogen and oxygen atoms in total. The summed E-state index contributed by atoms with van der Waals surface area (Å²) in [7, 11) is 0. The first-order chi connectivity index (χ1) is 9.11. The second kappa shape index (κ2) is 5.82. The van der Waals surface area contributed by atoms with E-state index in [4.69, 9.17) is 4.74 Å². The Hall–Kier alpha value is -1.91. The molecule has 0 aliphatic heterocycles. The van der Waals surface area contributed by atoms with Crippen LogP contribution in [0.3, 0.4) is 0 Å². The lowest BCUT2D eigenvalue weighted by atomic mass is 9.88. The number of nitrogens with zero attached hydrogens (tertiary/aromatic N) is 1. The standard InChI is InChI=1S/C14H17NO4/c1-10-4-2-3-5-14(10)19-12-6-7-13(15(17)18)11(8-12)9-16/h6-10,14H,2-5H2,1H3. The number of hydrogen-bond acceptors (Lipinski definition) is 4. The quantitative estimate of drug-likeness (QED) is 0.474. The molecule has 1 aromatic rings. The van der Waals surface area contributed by atoms with E-state index in [1.165, 1.54) is 18.6 Å². The second-order valence-electron chi connectivity index (χ2n) is 5.01. The van der Waals surface area contributed by atoms with Gasteiger partial charge in [-0.15, -0.1) is 0 Å². The molecule has 1 saturated carbocycles. The van der Waals surface area contributed by atoms with Crippen LogP contribution in [0.15, 0.2) is 18.2 Å². The zero-order chi connectivity index (χ0) is 13.8. The van der Waals surface area contributed by atoms with Crippen LogP contribution in [0.1, 0.15) is 43.0 Å². The first-order valence-electron chi connectivity index (χ1n) is 6.52. The fourth-order valence-corrected chi connectivity index (χ4v) is 2.50. The van der Waals surface area contributed by atoms with Crippen LogP contribution in [0, 0.1) is 16.0 Å². The highest BCUT2D eigenvalue weighted by Gasteiger charge is 2.23. The molecule has 0 heterocycles. The fraction of sp³-hybridized carbons (Fsp3) is 0.500. The van der Waals surface area contributed by atoms with Gasteiger partial charge in [-0.3, -0.25) is 14.9 Å². The van der Waals surface area contributed by atoms with Crippen molar-refractivity contribution >= 4 is 12.0 Å². The summed E-state index contributed by atoms with van der Waals surface area (Å²) in [5.74, 6) is 1.01. The maximum atomic E-state index is 10.9. The van der Waals surface area contributed by atoms with Crippen LogP contribution < -0.4 is 4.74 Å². The number of nitro groups is 1. The van der Waals surface area contributed by atoms with Gasteiger partial charge in [0.25, 0.3) is 5.69 Å². The van der Waals surface area contributed by atoms with Gasteiger partial charge in [-0.1, -0.05) is 13.3 Å². The largest absolute Gasteiger partial charge is 0.490 e. The van der Waals surface area contributed by atoms with Crippen LogP contribution in [0.2, 0.25) is 0 Å². The Balaban J connectivity index is 2.17. The topological polar surface area (TPSA) is 69.4 Å². The molecule has 19 heavy (non-hydrogen) atoms. The summed E-state index contributed by atoms with van der Waals surface area (Å²) in [6, 6.07) is 4.34. The van der Waals surface area contributed by atoms with Crippen molar-refractivity contribution < 1.29 is 14.5 Å². The first kappa shape index (κ1) is 13.5. The zero-order valence-electron chi connectivity index (χ0n) is 10.9. The molecular weight excluding hydrogens is 246 g/mol. The van der Waals surface area contributed by atoms with Crippen molar-refractivity contribution in [3.63, 3.8) is 0 Å². The van der Waals surface area contributed by atoms with Crippen molar-refractivity contribution in [1.82, 2.24) is 0 Å². The molecule has 1 aliphatic rings. The normalized spacial score (nSPS) is 22.8. The smallest absolute Gasteiger partial charge is 0.280 e. The van der Waals surface area contributed by atoms with Crippen molar-refractivity contribution in [2.24, 2.45) is 5.92 Å². The highest BCUT2D eigenvalue weighted by molar-refractivity contribution is 5.82. The number of hydrogen-bond donors (Lipinski definition) is 0. The lowest BCUT2D eigenvalue weighted by Gasteiger charge is -2.29. The van der Waals surface area contributed by atoms with Gasteiger partial charge in [0.15, 0.2) is 6.29 Å². The van der Waals surface area contributed by atoms with Crippen LogP contribution >= 0.6 is 0 Å². The van der Waals surface area contributed by atoms with Gasteiger partial charge in [-0.05, 0) is 37.3 Å². The summed E-state index contributed by atoms with van der Waals surface area (Å²) in [6.07, 6.45) is 5.13. The van der Waals surface area contributed by atoms with E-state index in [9.17, 15) is 14.9 Å². The molecule has 5 heteroatoms. The van der Waals surface area contributed by atoms with Crippen molar-refractivity contribution in [3.05, 3.63) is 33.9 Å². The molecule has 0 saturated heterocycles. The number of rotatable bonds is 4. The minimum atomic E-state index is -0.559. The molecule has 1 fully saturated rings. The van der Waals surface area contributed by atoms with Gasteiger partial charge >= 0.3 is 0 Å². The van der Waals surface area contributed by atoms with Crippen molar-refractivity contribution in [2.75, 3.05) is 0 Å². The highest BCUT2D eigenvalue weighted by Crippen LogP contribution is 2.30. The highest BCUT2D eigenvalue weighted by atomic mass is 16.6. The molecule has 0 amide bonds. The van der Waals surface area contributed by atoms with Gasteiger partial charge < -0.3 is 4.74 Å². The van der Waals surface area contributed by atoms with Crippen LogP contribution in [-0.2, 0) is 0 Å². The lowest BCUT2D eigenvalue weighted by Crippen LogP contribution is -2.28. The third-order valence-corrected chi connectivity index (χ3v) is 3.64. The maximum Gasteiger partial charge on any atom is 0.280 e. The number of ether oxygens (including phenoxy) is 1. The van der Waals surface area contributed by atoms with Crippen molar-refractivity contribution in [1.29, 1.82) is 0 Å². The average Bonchev–Trinajstić information content (AvgIpc) is 2.41. The van der Waals surface area contributed by atoms with E-state index in [0.29, 0.717) is 18.0 Å². The van der Waals surface area contributed by atoms with Crippen LogP contribution in [-0.4, -0.2) is 17.3 Å². The summed E-state index contributed by atoms with van der Waals surface area (Å²) in [6.45, 7) is 2.15. The average molecular weight is 263 g/mol. The third-order valence-electron chi connectivity index (χ3n) is 3.64. The SMILES string of the molecule is CC1CCCCC1Oc1ccc([N+](=O)[O-])c(C=O)c1. The van der Waals surface area contributed by atoms with Gasteiger partial charge in [-0.25, -0.2) is 0 Å². The number of carbonyl (C=O) groups is 1. The Bertz CT molecular complexity index is 486. The zero-order valence-corrected chi connectivity index (χ0v) is 10.9. The van der Waals surface area contributed by atoms with E-state index in [0.717, 1.165) is 19.3 Å². The molecule has 0 radical (unpaired) electrons. The number of aldehydes is 1. The molecule has 0 aromatic heterocycles. The number of carbonyl (C=O) groups excluding carboxylic acids is 1. The van der Waals surface area contributed by atoms with E-state index < -0.39 is 4.92 Å². The molecule has 102 valence electrons. The Labute approximate surface area is 111 Å². The first-order valence-corrected chi connectivity index (χ1v) is 6.52. The summed E-state index contributed by atoms with van der Waals surface area (Å²) in [5, 5.41) is 10.7. The molecule has 1 aliphatic carbocycles. The minimum absolute atomic E-state index is 0.0611. The minimum Gasteiger partial charge on any atom is -0.490 e. The van der Waals surface area contributed by atoms with E-state index >= 15 is 0 Å². The summed E-state index contributed by atoms with van der Waals surface area (Å²) in [5.41, 5.74) is -0.120. The Kier molecular flexibility index (Phi) is 4.14. The van der Waals surface area contributed by atoms with E-state index in [1.54, 1.807) is 6.07 Å². The molecule has 0 bridgehead atoms. The van der Waals surface area contributed by atoms with Crippen LogP contribution in [0.5, 0.6) is 5.75 Å². The molecule has 1 aromatic carbocycles. The molecular formula is C14H17NO4. The molecule has 2 rings (SSSR count). The van der Waals surface area contributed by atoms with Crippen LogP contribution in [0.4, 0.5) is 5.69 Å². The Morgan fingerprint density at radius 1 is 1.37 bits per heavy atom. The monoisotopic (exact) mass is 263 g/mol. The van der Waals surface area contributed by atoms with Crippen molar-refractivity contribution in [3.8, 4) is 5.75 Å². The summed E-state index contributed by atoms with van der Waals surface area (Å²) in [4.78, 5) is 21.1. The summed E-state index contributed by atoms with van der Waals surface area (Å²) < 4.78 is 5.86. The molecule has 0 spiro atoms. The fourth-order valence-electron chi connectivity index (χ4n) is 2.50. The second-order valence-corrected chi connectivity index (χ2v) is 5.01. The predicted molar refractivity (Wildman–Crippen MR) is 70.5 cm³/mol. The van der Waals surface area contributed by atoms with Gasteiger partial charge in [0.2, 0.25) is 0 Å². The van der Waals surface area contributed by atoms with Gasteiger partial charge in [0.1, 0.15) is 11.9 Å². The van der Waals surface area contributed by atoms with Crippen LogP contribution in [0.25, 0.3) is 0 Å². The molecule has 0 N–H and O–H groups in total. The predicted octanol–water partition coefficient (Wildman–Crippen LogP) is 3.36. The maximum absolute atomic E-state index is 10.9. The molecule has 2 atom stereocenters. The number of benzene rings is 1. The third kappa shape index (κ3) is 3.10.